The molecule has 0 aromatic heterocycles. The van der Waals surface area contributed by atoms with E-state index in [0.29, 0.717) is 10.8 Å². The average molecular weight is 283 g/mol. The van der Waals surface area contributed by atoms with Gasteiger partial charge in [-0.1, -0.05) is 32.9 Å². The van der Waals surface area contributed by atoms with Gasteiger partial charge >= 0.3 is 0 Å². The molecule has 0 spiro atoms. The van der Waals surface area contributed by atoms with Crippen LogP contribution < -0.4 is 5.32 Å². The Labute approximate surface area is 117 Å². The van der Waals surface area contributed by atoms with Crippen LogP contribution in [0.1, 0.15) is 46.1 Å². The van der Waals surface area contributed by atoms with E-state index in [-0.39, 0.29) is 6.04 Å². The second-order valence-electron chi connectivity index (χ2n) is 5.32. The maximum atomic E-state index is 12.5. The van der Waals surface area contributed by atoms with Crippen molar-refractivity contribution in [2.24, 2.45) is 0 Å². The van der Waals surface area contributed by atoms with Gasteiger partial charge in [0.15, 0.2) is 9.84 Å². The molecular formula is C15H25NO2S. The third-order valence-corrected chi connectivity index (χ3v) is 5.91. The standard InChI is InChI=1S/C15H25NO2S/c1-6-16-12(4)13(5)19(17,18)15-9-7-14(8-10-15)11(2)3/h7-13,16H,6H2,1-5H3. The quantitative estimate of drug-likeness (QED) is 0.873. The lowest BCUT2D eigenvalue weighted by Crippen LogP contribution is -2.40. The summed E-state index contributed by atoms with van der Waals surface area (Å²) in [5.41, 5.74) is 1.16. The first-order valence-electron chi connectivity index (χ1n) is 6.88. The lowest BCUT2D eigenvalue weighted by atomic mass is 10.0. The van der Waals surface area contributed by atoms with Gasteiger partial charge in [-0.25, -0.2) is 8.42 Å². The predicted octanol–water partition coefficient (Wildman–Crippen LogP) is 2.97. The van der Waals surface area contributed by atoms with Gasteiger partial charge in [0.05, 0.1) is 10.1 Å². The summed E-state index contributed by atoms with van der Waals surface area (Å²) in [5, 5.41) is 2.74. The van der Waals surface area contributed by atoms with Gasteiger partial charge in [0.25, 0.3) is 0 Å². The third-order valence-electron chi connectivity index (χ3n) is 3.59. The highest BCUT2D eigenvalue weighted by molar-refractivity contribution is 7.92. The van der Waals surface area contributed by atoms with Gasteiger partial charge in [0.1, 0.15) is 0 Å². The van der Waals surface area contributed by atoms with E-state index in [4.69, 9.17) is 0 Å². The molecule has 0 aliphatic heterocycles. The fourth-order valence-electron chi connectivity index (χ4n) is 2.01. The van der Waals surface area contributed by atoms with Crippen molar-refractivity contribution in [3.63, 3.8) is 0 Å². The van der Waals surface area contributed by atoms with E-state index in [1.165, 1.54) is 0 Å². The summed E-state index contributed by atoms with van der Waals surface area (Å²) in [6.07, 6.45) is 0. The maximum Gasteiger partial charge on any atom is 0.182 e. The van der Waals surface area contributed by atoms with Crippen molar-refractivity contribution < 1.29 is 8.42 Å². The highest BCUT2D eigenvalue weighted by Crippen LogP contribution is 2.21. The van der Waals surface area contributed by atoms with E-state index >= 15 is 0 Å². The van der Waals surface area contributed by atoms with Gasteiger partial charge in [0.2, 0.25) is 0 Å². The lowest BCUT2D eigenvalue weighted by molar-refractivity contribution is 0.521. The van der Waals surface area contributed by atoms with Gasteiger partial charge in [-0.15, -0.1) is 0 Å². The molecule has 2 atom stereocenters. The minimum absolute atomic E-state index is 0.0558. The average Bonchev–Trinajstić information content (AvgIpc) is 2.38. The molecule has 108 valence electrons. The first kappa shape index (κ1) is 16.2. The highest BCUT2D eigenvalue weighted by atomic mass is 32.2. The van der Waals surface area contributed by atoms with Crippen LogP contribution in [-0.2, 0) is 9.84 Å². The number of hydrogen-bond donors (Lipinski definition) is 1. The largest absolute Gasteiger partial charge is 0.313 e. The van der Waals surface area contributed by atoms with E-state index in [0.717, 1.165) is 12.1 Å². The molecule has 0 radical (unpaired) electrons. The molecule has 3 nitrogen and oxygen atoms in total. The second kappa shape index (κ2) is 6.53. The molecule has 0 aliphatic rings. The molecule has 1 rings (SSSR count). The molecule has 0 bridgehead atoms. The molecular weight excluding hydrogens is 258 g/mol. The minimum atomic E-state index is -3.27. The van der Waals surface area contributed by atoms with Crippen LogP contribution in [0.25, 0.3) is 0 Å². The van der Waals surface area contributed by atoms with Crippen LogP contribution in [0.3, 0.4) is 0 Å². The molecule has 2 unspecified atom stereocenters. The summed E-state index contributed by atoms with van der Waals surface area (Å²) < 4.78 is 25.0. The number of rotatable bonds is 6. The van der Waals surface area contributed by atoms with Gasteiger partial charge in [-0.3, -0.25) is 0 Å². The fourth-order valence-corrected chi connectivity index (χ4v) is 3.59. The minimum Gasteiger partial charge on any atom is -0.313 e. The Balaban J connectivity index is 3.00. The van der Waals surface area contributed by atoms with E-state index in [2.05, 4.69) is 19.2 Å². The Morgan fingerprint density at radius 2 is 1.58 bits per heavy atom. The smallest absolute Gasteiger partial charge is 0.182 e. The number of hydrogen-bond acceptors (Lipinski definition) is 3. The number of sulfone groups is 1. The number of nitrogens with one attached hydrogen (secondary N) is 1. The molecule has 0 heterocycles. The third kappa shape index (κ3) is 3.80. The van der Waals surface area contributed by atoms with Crippen LogP contribution >= 0.6 is 0 Å². The second-order valence-corrected chi connectivity index (χ2v) is 7.63. The van der Waals surface area contributed by atoms with Crippen molar-refractivity contribution >= 4 is 9.84 Å². The topological polar surface area (TPSA) is 46.2 Å². The first-order valence-corrected chi connectivity index (χ1v) is 8.42. The van der Waals surface area contributed by atoms with Crippen molar-refractivity contribution in [3.8, 4) is 0 Å². The monoisotopic (exact) mass is 283 g/mol. The van der Waals surface area contributed by atoms with E-state index in [9.17, 15) is 8.42 Å². The van der Waals surface area contributed by atoms with Gasteiger partial charge in [-0.2, -0.15) is 0 Å². The Kier molecular flexibility index (Phi) is 5.56. The van der Waals surface area contributed by atoms with Crippen LogP contribution in [0.15, 0.2) is 29.2 Å². The predicted molar refractivity (Wildman–Crippen MR) is 80.3 cm³/mol. The summed E-state index contributed by atoms with van der Waals surface area (Å²) >= 11 is 0. The molecule has 0 saturated heterocycles. The summed E-state index contributed by atoms with van der Waals surface area (Å²) in [6, 6.07) is 7.20. The first-order chi connectivity index (χ1) is 8.80. The Bertz CT molecular complexity index is 491. The Hall–Kier alpha value is -0.870. The molecule has 0 amide bonds. The molecule has 0 fully saturated rings. The zero-order chi connectivity index (χ0) is 14.6. The van der Waals surface area contributed by atoms with Crippen LogP contribution in [0.2, 0.25) is 0 Å². The summed E-state index contributed by atoms with van der Waals surface area (Å²) in [5.74, 6) is 0.412. The zero-order valence-corrected chi connectivity index (χ0v) is 13.3. The molecule has 19 heavy (non-hydrogen) atoms. The van der Waals surface area contributed by atoms with E-state index < -0.39 is 15.1 Å². The SMILES string of the molecule is CCNC(C)C(C)S(=O)(=O)c1ccc(C(C)C)cc1. The zero-order valence-electron chi connectivity index (χ0n) is 12.5. The number of benzene rings is 1. The maximum absolute atomic E-state index is 12.5. The molecule has 0 saturated carbocycles. The molecule has 1 aromatic rings. The molecule has 0 aliphatic carbocycles. The van der Waals surface area contributed by atoms with Crippen molar-refractivity contribution in [1.29, 1.82) is 0 Å². The van der Waals surface area contributed by atoms with Crippen LogP contribution in [0.5, 0.6) is 0 Å². The van der Waals surface area contributed by atoms with Crippen LogP contribution in [-0.4, -0.2) is 26.3 Å². The van der Waals surface area contributed by atoms with Crippen molar-refractivity contribution in [1.82, 2.24) is 5.32 Å². The van der Waals surface area contributed by atoms with Gasteiger partial charge in [0, 0.05) is 6.04 Å². The van der Waals surface area contributed by atoms with Crippen LogP contribution in [0, 0.1) is 0 Å². The van der Waals surface area contributed by atoms with Crippen molar-refractivity contribution in [2.45, 2.75) is 56.7 Å². The summed E-state index contributed by atoms with van der Waals surface area (Å²) in [6.45, 7) is 10.6. The van der Waals surface area contributed by atoms with E-state index in [1.54, 1.807) is 19.1 Å². The Morgan fingerprint density at radius 1 is 1.05 bits per heavy atom. The molecule has 1 aromatic carbocycles. The van der Waals surface area contributed by atoms with Gasteiger partial charge in [-0.05, 0) is 44.0 Å². The Morgan fingerprint density at radius 3 is 2.00 bits per heavy atom. The normalized spacial score (nSPS) is 15.5. The molecule has 4 heteroatoms. The van der Waals surface area contributed by atoms with Crippen molar-refractivity contribution in [2.75, 3.05) is 6.54 Å². The highest BCUT2D eigenvalue weighted by Gasteiger charge is 2.27. The van der Waals surface area contributed by atoms with Gasteiger partial charge < -0.3 is 5.32 Å². The van der Waals surface area contributed by atoms with E-state index in [1.807, 2.05) is 26.0 Å². The summed E-state index contributed by atoms with van der Waals surface area (Å²) in [7, 11) is -3.27. The fraction of sp³-hybridized carbons (Fsp3) is 0.600. The molecule has 1 N–H and O–H groups in total. The van der Waals surface area contributed by atoms with Crippen molar-refractivity contribution in [3.05, 3.63) is 29.8 Å². The lowest BCUT2D eigenvalue weighted by Gasteiger charge is -2.21. The summed E-state index contributed by atoms with van der Waals surface area (Å²) in [4.78, 5) is 0.411. The van der Waals surface area contributed by atoms with Crippen LogP contribution in [0.4, 0.5) is 0 Å².